The average Bonchev–Trinajstić information content (AvgIpc) is 2.48. The Hall–Kier alpha value is -2.40. The summed E-state index contributed by atoms with van der Waals surface area (Å²) in [6.07, 6.45) is 0.779. The molecule has 0 bridgehead atoms. The molecule has 5 nitrogen and oxygen atoms in total. The van der Waals surface area contributed by atoms with Gasteiger partial charge in [0, 0.05) is 6.04 Å². The molecule has 0 spiro atoms. The summed E-state index contributed by atoms with van der Waals surface area (Å²) in [6.45, 7) is 1.97. The standard InChI is InChI=1S/C15H18N4O/c1-11(10-12-6-3-2-4-7-12)17-15(20)13-8-5-9-14(18-13)19-16/h2-9,11H,10,16H2,1H3,(H,17,20)(H,18,19). The van der Waals surface area contributed by atoms with Crippen LogP contribution in [-0.4, -0.2) is 16.9 Å². The normalized spacial score (nSPS) is 11.7. The van der Waals surface area contributed by atoms with Crippen LogP contribution in [0.1, 0.15) is 23.0 Å². The fraction of sp³-hybridized carbons (Fsp3) is 0.200. The van der Waals surface area contributed by atoms with Crippen LogP contribution >= 0.6 is 0 Å². The first kappa shape index (κ1) is 14.0. The van der Waals surface area contributed by atoms with Gasteiger partial charge in [-0.15, -0.1) is 0 Å². The number of benzene rings is 1. The van der Waals surface area contributed by atoms with Crippen LogP contribution < -0.4 is 16.6 Å². The number of anilines is 1. The summed E-state index contributed by atoms with van der Waals surface area (Å²) in [5.41, 5.74) is 3.96. The Labute approximate surface area is 118 Å². The van der Waals surface area contributed by atoms with Crippen molar-refractivity contribution < 1.29 is 4.79 Å². The number of carbonyl (C=O) groups is 1. The van der Waals surface area contributed by atoms with Gasteiger partial charge in [0.15, 0.2) is 0 Å². The third kappa shape index (κ3) is 3.80. The monoisotopic (exact) mass is 270 g/mol. The minimum absolute atomic E-state index is 0.0289. The van der Waals surface area contributed by atoms with Crippen LogP contribution in [0.15, 0.2) is 48.5 Å². The number of aromatic nitrogens is 1. The molecule has 0 aliphatic heterocycles. The Morgan fingerprint density at radius 1 is 1.20 bits per heavy atom. The van der Waals surface area contributed by atoms with Crippen molar-refractivity contribution in [1.29, 1.82) is 0 Å². The van der Waals surface area contributed by atoms with Crippen molar-refractivity contribution in [3.63, 3.8) is 0 Å². The minimum atomic E-state index is -0.203. The Morgan fingerprint density at radius 3 is 2.65 bits per heavy atom. The molecule has 1 atom stereocenters. The maximum Gasteiger partial charge on any atom is 0.270 e. The highest BCUT2D eigenvalue weighted by molar-refractivity contribution is 5.92. The Kier molecular flexibility index (Phi) is 4.68. The highest BCUT2D eigenvalue weighted by atomic mass is 16.1. The first-order valence-electron chi connectivity index (χ1n) is 6.47. The van der Waals surface area contributed by atoms with Gasteiger partial charge in [0.2, 0.25) is 0 Å². The number of hydrazine groups is 1. The highest BCUT2D eigenvalue weighted by Gasteiger charge is 2.11. The molecule has 1 aromatic heterocycles. The van der Waals surface area contributed by atoms with E-state index in [1.807, 2.05) is 37.3 Å². The highest BCUT2D eigenvalue weighted by Crippen LogP contribution is 2.06. The van der Waals surface area contributed by atoms with Crippen LogP contribution in [0.25, 0.3) is 0 Å². The number of amides is 1. The van der Waals surface area contributed by atoms with E-state index in [1.54, 1.807) is 18.2 Å². The molecule has 4 N–H and O–H groups in total. The van der Waals surface area contributed by atoms with Crippen molar-refractivity contribution >= 4 is 11.7 Å². The predicted molar refractivity (Wildman–Crippen MR) is 79.1 cm³/mol. The first-order valence-corrected chi connectivity index (χ1v) is 6.47. The molecule has 2 rings (SSSR count). The van der Waals surface area contributed by atoms with Gasteiger partial charge in [-0.25, -0.2) is 10.8 Å². The second kappa shape index (κ2) is 6.68. The molecular weight excluding hydrogens is 252 g/mol. The van der Waals surface area contributed by atoms with E-state index in [-0.39, 0.29) is 11.9 Å². The summed E-state index contributed by atoms with van der Waals surface area (Å²) in [4.78, 5) is 16.2. The maximum atomic E-state index is 12.1. The molecule has 2 aromatic rings. The van der Waals surface area contributed by atoms with E-state index >= 15 is 0 Å². The molecule has 0 aliphatic carbocycles. The molecule has 0 saturated heterocycles. The zero-order valence-corrected chi connectivity index (χ0v) is 11.3. The lowest BCUT2D eigenvalue weighted by molar-refractivity contribution is 0.0935. The van der Waals surface area contributed by atoms with Crippen LogP contribution in [0.2, 0.25) is 0 Å². The van der Waals surface area contributed by atoms with Crippen LogP contribution in [0.5, 0.6) is 0 Å². The number of nitrogens with zero attached hydrogens (tertiary/aromatic N) is 1. The minimum Gasteiger partial charge on any atom is -0.348 e. The quantitative estimate of drug-likeness (QED) is 0.571. The van der Waals surface area contributed by atoms with Gasteiger partial charge in [-0.05, 0) is 31.0 Å². The van der Waals surface area contributed by atoms with E-state index in [0.717, 1.165) is 6.42 Å². The molecular formula is C15H18N4O. The third-order valence-electron chi connectivity index (χ3n) is 2.89. The summed E-state index contributed by atoms with van der Waals surface area (Å²) in [5.74, 6) is 5.54. The van der Waals surface area contributed by atoms with E-state index in [4.69, 9.17) is 5.84 Å². The van der Waals surface area contributed by atoms with E-state index in [9.17, 15) is 4.79 Å². The summed E-state index contributed by atoms with van der Waals surface area (Å²) in [6, 6.07) is 15.2. The third-order valence-corrected chi connectivity index (χ3v) is 2.89. The molecule has 1 heterocycles. The van der Waals surface area contributed by atoms with Gasteiger partial charge in [0.25, 0.3) is 5.91 Å². The lowest BCUT2D eigenvalue weighted by Crippen LogP contribution is -2.34. The van der Waals surface area contributed by atoms with Crippen molar-refractivity contribution in [2.75, 3.05) is 5.43 Å². The van der Waals surface area contributed by atoms with Gasteiger partial charge in [0.1, 0.15) is 11.5 Å². The van der Waals surface area contributed by atoms with Crippen LogP contribution in [-0.2, 0) is 6.42 Å². The van der Waals surface area contributed by atoms with Gasteiger partial charge < -0.3 is 10.7 Å². The zero-order chi connectivity index (χ0) is 14.4. The Morgan fingerprint density at radius 2 is 1.95 bits per heavy atom. The van der Waals surface area contributed by atoms with Crippen LogP contribution in [0.4, 0.5) is 5.82 Å². The molecule has 0 aliphatic rings. The van der Waals surface area contributed by atoms with Gasteiger partial charge in [0.05, 0.1) is 0 Å². The SMILES string of the molecule is CC(Cc1ccccc1)NC(=O)c1cccc(NN)n1. The summed E-state index contributed by atoms with van der Waals surface area (Å²) in [7, 11) is 0. The molecule has 0 fully saturated rings. The number of carbonyl (C=O) groups excluding carboxylic acids is 1. The van der Waals surface area contributed by atoms with Crippen molar-refractivity contribution in [1.82, 2.24) is 10.3 Å². The fourth-order valence-electron chi connectivity index (χ4n) is 1.96. The van der Waals surface area contributed by atoms with Crippen molar-refractivity contribution in [3.8, 4) is 0 Å². The van der Waals surface area contributed by atoms with Gasteiger partial charge in [-0.2, -0.15) is 0 Å². The molecule has 1 amide bonds. The second-order valence-corrected chi connectivity index (χ2v) is 4.62. The van der Waals surface area contributed by atoms with Gasteiger partial charge >= 0.3 is 0 Å². The molecule has 0 radical (unpaired) electrons. The smallest absolute Gasteiger partial charge is 0.270 e. The molecule has 20 heavy (non-hydrogen) atoms. The number of pyridine rings is 1. The molecule has 0 saturated carbocycles. The summed E-state index contributed by atoms with van der Waals surface area (Å²) >= 11 is 0. The van der Waals surface area contributed by atoms with E-state index < -0.39 is 0 Å². The molecule has 1 unspecified atom stereocenters. The van der Waals surface area contributed by atoms with E-state index in [0.29, 0.717) is 11.5 Å². The van der Waals surface area contributed by atoms with Crippen molar-refractivity contribution in [2.45, 2.75) is 19.4 Å². The molecule has 1 aromatic carbocycles. The second-order valence-electron chi connectivity index (χ2n) is 4.62. The average molecular weight is 270 g/mol. The summed E-state index contributed by atoms with van der Waals surface area (Å²) < 4.78 is 0. The first-order chi connectivity index (χ1) is 9.69. The van der Waals surface area contributed by atoms with Crippen molar-refractivity contribution in [3.05, 3.63) is 59.8 Å². The number of hydrogen-bond donors (Lipinski definition) is 3. The zero-order valence-electron chi connectivity index (χ0n) is 11.3. The number of nitrogens with one attached hydrogen (secondary N) is 2. The number of hydrogen-bond acceptors (Lipinski definition) is 4. The van der Waals surface area contributed by atoms with Gasteiger partial charge in [-0.3, -0.25) is 4.79 Å². The summed E-state index contributed by atoms with van der Waals surface area (Å²) in [5, 5.41) is 2.93. The number of nitrogens with two attached hydrogens (primary N) is 1. The van der Waals surface area contributed by atoms with E-state index in [2.05, 4.69) is 15.7 Å². The number of rotatable bonds is 5. The van der Waals surface area contributed by atoms with Crippen molar-refractivity contribution in [2.24, 2.45) is 5.84 Å². The fourth-order valence-corrected chi connectivity index (χ4v) is 1.96. The maximum absolute atomic E-state index is 12.1. The molecule has 104 valence electrons. The van der Waals surface area contributed by atoms with E-state index in [1.165, 1.54) is 5.56 Å². The lowest BCUT2D eigenvalue weighted by atomic mass is 10.1. The Balaban J connectivity index is 1.96. The largest absolute Gasteiger partial charge is 0.348 e. The Bertz CT molecular complexity index is 571. The van der Waals surface area contributed by atoms with Gasteiger partial charge in [-0.1, -0.05) is 36.4 Å². The number of nitrogen functional groups attached to an aromatic ring is 1. The lowest BCUT2D eigenvalue weighted by Gasteiger charge is -2.14. The van der Waals surface area contributed by atoms with Crippen LogP contribution in [0.3, 0.4) is 0 Å². The molecule has 5 heteroatoms. The van der Waals surface area contributed by atoms with Crippen LogP contribution in [0, 0.1) is 0 Å². The topological polar surface area (TPSA) is 80.0 Å². The predicted octanol–water partition coefficient (Wildman–Crippen LogP) is 1.73.